The molecule has 0 bridgehead atoms. The number of H-pyrrole nitrogens is 1. The summed E-state index contributed by atoms with van der Waals surface area (Å²) in [7, 11) is 7.18. The van der Waals surface area contributed by atoms with E-state index >= 15 is 0 Å². The molecule has 464 valence electrons. The predicted molar refractivity (Wildman–Crippen MR) is 338 cm³/mol. The van der Waals surface area contributed by atoms with Gasteiger partial charge in [-0.3, -0.25) is 33.2 Å². The molecule has 7 unspecified atom stereocenters. The smallest absolute Gasteiger partial charge is 0.407 e. The summed E-state index contributed by atoms with van der Waals surface area (Å²) in [6, 6.07) is 21.0. The number of carbonyl (C=O) groups is 1. The highest BCUT2D eigenvalue weighted by Gasteiger charge is 2.69. The lowest BCUT2D eigenvalue weighted by molar-refractivity contribution is -0.0368. The summed E-state index contributed by atoms with van der Waals surface area (Å²) in [6.07, 6.45) is 6.73. The first-order valence-electron chi connectivity index (χ1n) is 30.4. The van der Waals surface area contributed by atoms with E-state index in [0.717, 1.165) is 89.7 Å². The number of hydrogen-bond donors (Lipinski definition) is 3. The van der Waals surface area contributed by atoms with Crippen LogP contribution >= 0.6 is 23.2 Å². The molecule has 7 atom stereocenters. The monoisotopic (exact) mass is 1260 g/mol. The second-order valence-corrected chi connectivity index (χ2v) is 25.7. The third-order valence-electron chi connectivity index (χ3n) is 19.8. The summed E-state index contributed by atoms with van der Waals surface area (Å²) >= 11 is 13.8. The van der Waals surface area contributed by atoms with Crippen LogP contribution in [0.3, 0.4) is 0 Å². The second kappa shape index (κ2) is 21.7. The number of nitrogens with one attached hydrogen (secondary N) is 1. The zero-order valence-electron chi connectivity index (χ0n) is 50.5. The van der Waals surface area contributed by atoms with Gasteiger partial charge < -0.3 is 39.3 Å². The van der Waals surface area contributed by atoms with Crippen molar-refractivity contribution >= 4 is 85.1 Å². The Morgan fingerprint density at radius 3 is 1.92 bits per heavy atom. The molecule has 1 amide bonds. The highest BCUT2D eigenvalue weighted by Crippen LogP contribution is 2.65. The van der Waals surface area contributed by atoms with E-state index in [1.54, 1.807) is 37.3 Å². The Hall–Kier alpha value is -8.91. The topological polar surface area (TPSA) is 286 Å². The Kier molecular flexibility index (Phi) is 13.8. The van der Waals surface area contributed by atoms with Gasteiger partial charge in [-0.2, -0.15) is 30.4 Å². The predicted octanol–water partition coefficient (Wildman–Crippen LogP) is 8.42. The van der Waals surface area contributed by atoms with Gasteiger partial charge in [0.25, 0.3) is 11.1 Å². The zero-order chi connectivity index (χ0) is 62.2. The number of carboxylic acid groups (broad SMARTS) is 1. The van der Waals surface area contributed by atoms with Gasteiger partial charge in [0.05, 0.1) is 38.2 Å². The van der Waals surface area contributed by atoms with Crippen molar-refractivity contribution in [1.82, 2.24) is 73.9 Å². The number of amides is 1. The van der Waals surface area contributed by atoms with E-state index in [1.165, 1.54) is 4.90 Å². The van der Waals surface area contributed by atoms with Crippen LogP contribution in [0.5, 0.6) is 0 Å². The number of aryl methyl sites for hydroxylation is 4. The molecule has 8 aromatic heterocycles. The van der Waals surface area contributed by atoms with Crippen molar-refractivity contribution in [2.24, 2.45) is 57.6 Å². The van der Waals surface area contributed by atoms with Crippen LogP contribution in [0, 0.1) is 37.5 Å². The molecule has 5 aliphatic rings. The molecule has 3 aromatic carbocycles. The molecule has 11 aromatic rings. The van der Waals surface area contributed by atoms with Crippen LogP contribution < -0.4 is 26.7 Å². The number of aromatic nitrogens is 14. The molecule has 27 heteroatoms. The number of nitrogens with two attached hydrogens (primary N) is 1. The second-order valence-electron chi connectivity index (χ2n) is 24.9. The maximum atomic E-state index is 14.5. The number of piperidine rings is 2. The Morgan fingerprint density at radius 1 is 0.733 bits per heavy atom. The van der Waals surface area contributed by atoms with Gasteiger partial charge in [0.1, 0.15) is 28.0 Å². The molecule has 90 heavy (non-hydrogen) atoms. The lowest BCUT2D eigenvalue weighted by Gasteiger charge is -2.29. The molecule has 25 nitrogen and oxygen atoms in total. The SMILES string of the molecule is Cc1cc(C2(CN(Cc3ccccc3)C(=O)O)C3CCN(c4nc5c(c(-c6ccc7nn(C)cc7c6Cl)nn5C5CCCCO5)c(=O)n4C)CC32)no1.Cc1cc(C2(CN)C3CCN(c4nc5n[nH]c(-c6ccc7nn(C)cc7c6Cl)c5c(=O)n4C)CC32)no1. The van der Waals surface area contributed by atoms with Gasteiger partial charge in [0, 0.05) is 138 Å². The maximum absolute atomic E-state index is 14.5. The summed E-state index contributed by atoms with van der Waals surface area (Å²) < 4.78 is 25.5. The molecule has 2 aliphatic carbocycles. The average Bonchev–Trinajstić information content (AvgIpc) is 1.53. The molecule has 4 N–H and O–H groups in total. The highest BCUT2D eigenvalue weighted by atomic mass is 35.5. The van der Waals surface area contributed by atoms with Crippen molar-refractivity contribution in [3.8, 4) is 22.5 Å². The molecular formula is C63H66Cl2N18O7. The van der Waals surface area contributed by atoms with Crippen LogP contribution in [-0.2, 0) is 50.3 Å². The first-order valence-corrected chi connectivity index (χ1v) is 31.1. The van der Waals surface area contributed by atoms with E-state index < -0.39 is 11.5 Å². The lowest BCUT2D eigenvalue weighted by atomic mass is 9.95. The van der Waals surface area contributed by atoms with E-state index in [2.05, 4.69) is 40.5 Å². The maximum Gasteiger partial charge on any atom is 0.407 e. The van der Waals surface area contributed by atoms with Crippen LogP contribution in [0.25, 0.3) is 66.4 Å². The summed E-state index contributed by atoms with van der Waals surface area (Å²) in [5.41, 5.74) is 12.4. The van der Waals surface area contributed by atoms with Crippen LogP contribution in [0.4, 0.5) is 16.7 Å². The van der Waals surface area contributed by atoms with Gasteiger partial charge in [0.15, 0.2) is 17.5 Å². The first-order chi connectivity index (χ1) is 43.5. The minimum Gasteiger partial charge on any atom is -0.465 e. The summed E-state index contributed by atoms with van der Waals surface area (Å²) in [6.45, 7) is 8.09. The van der Waals surface area contributed by atoms with Gasteiger partial charge in [-0.1, -0.05) is 63.8 Å². The summed E-state index contributed by atoms with van der Waals surface area (Å²) in [4.78, 5) is 56.7. The molecule has 3 aliphatic heterocycles. The van der Waals surface area contributed by atoms with Crippen molar-refractivity contribution in [2.75, 3.05) is 55.7 Å². The Bertz CT molecular complexity index is 4790. The third kappa shape index (κ3) is 9.11. The van der Waals surface area contributed by atoms with Crippen molar-refractivity contribution in [3.05, 3.63) is 138 Å². The largest absolute Gasteiger partial charge is 0.465 e. The Balaban J connectivity index is 0.000000160. The zero-order valence-corrected chi connectivity index (χ0v) is 52.0. The van der Waals surface area contributed by atoms with Crippen molar-refractivity contribution in [2.45, 2.75) is 69.6 Å². The van der Waals surface area contributed by atoms with E-state index in [0.29, 0.717) is 110 Å². The van der Waals surface area contributed by atoms with Crippen LogP contribution in [-0.4, -0.2) is 131 Å². The number of anilines is 2. The molecule has 2 saturated carbocycles. The number of benzene rings is 3. The quantitative estimate of drug-likeness (QED) is 0.103. The fourth-order valence-corrected chi connectivity index (χ4v) is 15.9. The molecule has 3 saturated heterocycles. The minimum absolute atomic E-state index is 0.0538. The lowest BCUT2D eigenvalue weighted by Crippen LogP contribution is -2.39. The fourth-order valence-electron chi connectivity index (χ4n) is 15.3. The number of aromatic amines is 1. The minimum atomic E-state index is -0.986. The number of ether oxygens (including phenoxy) is 1. The van der Waals surface area contributed by atoms with E-state index in [9.17, 15) is 19.5 Å². The number of halogens is 2. The number of fused-ring (bicyclic) bond motifs is 6. The van der Waals surface area contributed by atoms with Gasteiger partial charge in [-0.05, 0) is 99.5 Å². The van der Waals surface area contributed by atoms with Crippen LogP contribution in [0.2, 0.25) is 10.0 Å². The number of rotatable bonds is 12. The van der Waals surface area contributed by atoms with Crippen molar-refractivity contribution in [3.63, 3.8) is 0 Å². The van der Waals surface area contributed by atoms with E-state index in [-0.39, 0.29) is 47.7 Å². The van der Waals surface area contributed by atoms with E-state index in [1.807, 2.05) is 107 Å². The molecular weight excluding hydrogens is 1190 g/mol. The van der Waals surface area contributed by atoms with Crippen LogP contribution in [0.1, 0.15) is 66.8 Å². The normalized spacial score (nSPS) is 22.9. The van der Waals surface area contributed by atoms with Gasteiger partial charge >= 0.3 is 6.09 Å². The van der Waals surface area contributed by atoms with Crippen molar-refractivity contribution < 1.29 is 23.7 Å². The fraction of sp³-hybridized carbons (Fsp3) is 0.413. The molecule has 0 radical (unpaired) electrons. The summed E-state index contributed by atoms with van der Waals surface area (Å²) in [5.74, 6) is 3.58. The highest BCUT2D eigenvalue weighted by molar-refractivity contribution is 6.39. The third-order valence-corrected chi connectivity index (χ3v) is 20.6. The van der Waals surface area contributed by atoms with Gasteiger partial charge in [0.2, 0.25) is 11.9 Å². The standard InChI is InChI=1S/C38H40ClN9O5.C25H26ClN9O2/c1-22-17-29(43-53-22)38(21-47(37(50)51)18-23-9-5-4-6-10-23)26-14-15-46(20-27(26)38)36-40-34-31(35(49)45(36)3)33(42-48(34)30-11-7-8-16-52-30)24-12-13-28-25(32(24)39)19-44(2)41-28;1-12-8-18(32-37-12)25(11-27)15-6-7-35(10-16(15)25)24-28-22-19(23(36)34(24)3)21(29-30-22)13-4-5-17-14(20(13)26)9-33(2)31-17/h4-6,9-10,12-13,17,19,26-27,30H,7-8,11,14-16,18,20-21H2,1-3H3,(H,50,51);4-5,8-9,15-16H,6-7,10-11,27H2,1-3H3,(H,29,30). The Morgan fingerprint density at radius 2 is 1.32 bits per heavy atom. The average molecular weight is 1260 g/mol. The molecule has 16 rings (SSSR count). The Labute approximate surface area is 523 Å². The van der Waals surface area contributed by atoms with Crippen molar-refractivity contribution in [1.29, 1.82) is 0 Å². The molecule has 11 heterocycles. The van der Waals surface area contributed by atoms with Crippen LogP contribution in [0.15, 0.2) is 97.8 Å². The van der Waals surface area contributed by atoms with E-state index in [4.69, 9.17) is 57.8 Å². The van der Waals surface area contributed by atoms with Gasteiger partial charge in [-0.25, -0.2) is 9.48 Å². The molecule has 0 spiro atoms. The number of hydrogen-bond acceptors (Lipinski definition) is 17. The summed E-state index contributed by atoms with van der Waals surface area (Å²) in [5, 5.41) is 43.8. The van der Waals surface area contributed by atoms with Gasteiger partial charge in [-0.15, -0.1) is 0 Å². The first kappa shape index (κ1) is 57.5. The number of nitrogens with zero attached hydrogens (tertiary/aromatic N) is 16. The molecule has 5 fully saturated rings.